The molecule has 0 saturated heterocycles. The number of hydrogen-bond acceptors (Lipinski definition) is 7. The molecule has 0 aliphatic rings. The second kappa shape index (κ2) is 7.54. The molecule has 2 heterocycles. The van der Waals surface area contributed by atoms with Gasteiger partial charge in [0, 0.05) is 5.69 Å². The van der Waals surface area contributed by atoms with Crippen molar-refractivity contribution in [1.82, 2.24) is 10.2 Å². The van der Waals surface area contributed by atoms with Gasteiger partial charge in [0.05, 0.1) is 17.6 Å². The van der Waals surface area contributed by atoms with Gasteiger partial charge in [-0.15, -0.1) is 21.5 Å². The zero-order valence-electron chi connectivity index (χ0n) is 13.2. The number of nitrogens with zero attached hydrogens (tertiary/aromatic N) is 2. The first-order valence-corrected chi connectivity index (χ1v) is 8.17. The van der Waals surface area contributed by atoms with E-state index in [4.69, 9.17) is 0 Å². The Kier molecular flexibility index (Phi) is 5.00. The standard InChI is InChI=1S/C17H14N4O3S/c1-24-17(23)11-4-6-12(7-5-11)18-14-8-9-15(21-20-14)19-16(22)13-3-2-10-25-13/h2-10H,1H3,(H,18,20)(H,19,21,22). The summed E-state index contributed by atoms with van der Waals surface area (Å²) in [4.78, 5) is 23.9. The molecule has 2 aromatic heterocycles. The van der Waals surface area contributed by atoms with Crippen LogP contribution < -0.4 is 10.6 Å². The third kappa shape index (κ3) is 4.18. The summed E-state index contributed by atoms with van der Waals surface area (Å²) in [6.45, 7) is 0. The molecular formula is C17H14N4O3S. The second-order valence-electron chi connectivity index (χ2n) is 4.93. The van der Waals surface area contributed by atoms with E-state index in [1.807, 2.05) is 11.4 Å². The Hall–Kier alpha value is -3.26. The molecule has 126 valence electrons. The molecule has 0 unspecified atom stereocenters. The largest absolute Gasteiger partial charge is 0.465 e. The number of amides is 1. The number of methoxy groups -OCH3 is 1. The maximum atomic E-state index is 11.9. The zero-order chi connectivity index (χ0) is 17.6. The minimum Gasteiger partial charge on any atom is -0.465 e. The van der Waals surface area contributed by atoms with E-state index < -0.39 is 5.97 Å². The van der Waals surface area contributed by atoms with E-state index in [-0.39, 0.29) is 5.91 Å². The Morgan fingerprint density at radius 1 is 1.00 bits per heavy atom. The Balaban J connectivity index is 1.62. The SMILES string of the molecule is COC(=O)c1ccc(Nc2ccc(NC(=O)c3cccs3)nn2)cc1. The van der Waals surface area contributed by atoms with Crippen LogP contribution in [0.1, 0.15) is 20.0 Å². The van der Waals surface area contributed by atoms with E-state index in [0.29, 0.717) is 22.1 Å². The molecule has 2 N–H and O–H groups in total. The first kappa shape index (κ1) is 16.6. The molecule has 7 nitrogen and oxygen atoms in total. The van der Waals surface area contributed by atoms with E-state index in [1.165, 1.54) is 18.4 Å². The Morgan fingerprint density at radius 2 is 1.72 bits per heavy atom. The summed E-state index contributed by atoms with van der Waals surface area (Å²) in [5.74, 6) is 0.269. The normalized spacial score (nSPS) is 10.1. The van der Waals surface area contributed by atoms with Crippen LogP contribution in [0.2, 0.25) is 0 Å². The number of benzene rings is 1. The van der Waals surface area contributed by atoms with Crippen LogP contribution in [-0.2, 0) is 4.74 Å². The molecule has 0 aliphatic heterocycles. The van der Waals surface area contributed by atoms with E-state index in [2.05, 4.69) is 25.6 Å². The average molecular weight is 354 g/mol. The molecule has 0 bridgehead atoms. The summed E-state index contributed by atoms with van der Waals surface area (Å²) in [6, 6.07) is 13.7. The summed E-state index contributed by atoms with van der Waals surface area (Å²) >= 11 is 1.35. The number of rotatable bonds is 5. The van der Waals surface area contributed by atoms with E-state index in [1.54, 1.807) is 42.5 Å². The summed E-state index contributed by atoms with van der Waals surface area (Å²) in [7, 11) is 1.34. The van der Waals surface area contributed by atoms with Crippen LogP contribution in [0.5, 0.6) is 0 Å². The van der Waals surface area contributed by atoms with Crippen molar-refractivity contribution in [1.29, 1.82) is 0 Å². The maximum absolute atomic E-state index is 11.9. The summed E-state index contributed by atoms with van der Waals surface area (Å²) in [5, 5.41) is 15.6. The molecule has 25 heavy (non-hydrogen) atoms. The van der Waals surface area contributed by atoms with Gasteiger partial charge in [-0.3, -0.25) is 4.79 Å². The van der Waals surface area contributed by atoms with Crippen LogP contribution in [0.3, 0.4) is 0 Å². The molecule has 0 saturated carbocycles. The van der Waals surface area contributed by atoms with Gasteiger partial charge in [-0.1, -0.05) is 6.07 Å². The summed E-state index contributed by atoms with van der Waals surface area (Å²) in [5.41, 5.74) is 1.21. The Labute approximate surface area is 147 Å². The maximum Gasteiger partial charge on any atom is 0.337 e. The lowest BCUT2D eigenvalue weighted by atomic mass is 10.2. The van der Waals surface area contributed by atoms with Gasteiger partial charge in [-0.05, 0) is 47.8 Å². The second-order valence-corrected chi connectivity index (χ2v) is 5.88. The fourth-order valence-corrected chi connectivity index (χ4v) is 2.63. The molecule has 0 atom stereocenters. The van der Waals surface area contributed by atoms with Gasteiger partial charge in [0.25, 0.3) is 5.91 Å². The predicted octanol–water partition coefficient (Wildman–Crippen LogP) is 3.32. The first-order valence-electron chi connectivity index (χ1n) is 7.30. The average Bonchev–Trinajstić information content (AvgIpc) is 3.18. The highest BCUT2D eigenvalue weighted by Gasteiger charge is 2.08. The highest BCUT2D eigenvalue weighted by Crippen LogP contribution is 2.17. The van der Waals surface area contributed by atoms with Crippen molar-refractivity contribution in [3.05, 3.63) is 64.4 Å². The molecule has 0 aliphatic carbocycles. The number of ether oxygens (including phenoxy) is 1. The Bertz CT molecular complexity index is 862. The van der Waals surface area contributed by atoms with Crippen molar-refractivity contribution < 1.29 is 14.3 Å². The molecule has 0 radical (unpaired) electrons. The number of carbonyl (C=O) groups excluding carboxylic acids is 2. The van der Waals surface area contributed by atoms with Crippen molar-refractivity contribution in [3.63, 3.8) is 0 Å². The lowest BCUT2D eigenvalue weighted by Crippen LogP contribution is -2.12. The lowest BCUT2D eigenvalue weighted by Gasteiger charge is -2.07. The van der Waals surface area contributed by atoms with Crippen LogP contribution >= 0.6 is 11.3 Å². The van der Waals surface area contributed by atoms with Gasteiger partial charge in [0.15, 0.2) is 11.6 Å². The van der Waals surface area contributed by atoms with Gasteiger partial charge in [0.1, 0.15) is 0 Å². The molecular weight excluding hydrogens is 340 g/mol. The van der Waals surface area contributed by atoms with Crippen LogP contribution in [0, 0.1) is 0 Å². The number of hydrogen-bond donors (Lipinski definition) is 2. The monoisotopic (exact) mass is 354 g/mol. The zero-order valence-corrected chi connectivity index (χ0v) is 14.0. The predicted molar refractivity (Wildman–Crippen MR) is 95.4 cm³/mol. The fraction of sp³-hybridized carbons (Fsp3) is 0.0588. The number of esters is 1. The number of carbonyl (C=O) groups is 2. The molecule has 1 amide bonds. The van der Waals surface area contributed by atoms with Crippen molar-refractivity contribution in [2.24, 2.45) is 0 Å². The van der Waals surface area contributed by atoms with Gasteiger partial charge in [-0.2, -0.15) is 0 Å². The van der Waals surface area contributed by atoms with Crippen molar-refractivity contribution >= 4 is 40.5 Å². The third-order valence-electron chi connectivity index (χ3n) is 3.23. The summed E-state index contributed by atoms with van der Waals surface area (Å²) in [6.07, 6.45) is 0. The third-order valence-corrected chi connectivity index (χ3v) is 4.10. The minimum absolute atomic E-state index is 0.219. The molecule has 1 aromatic carbocycles. The topological polar surface area (TPSA) is 93.2 Å². The van der Waals surface area contributed by atoms with Gasteiger partial charge in [0.2, 0.25) is 0 Å². The minimum atomic E-state index is -0.392. The number of aromatic nitrogens is 2. The first-order chi connectivity index (χ1) is 12.2. The van der Waals surface area contributed by atoms with Crippen LogP contribution in [0.15, 0.2) is 53.9 Å². The van der Waals surface area contributed by atoms with E-state index in [0.717, 1.165) is 5.69 Å². The van der Waals surface area contributed by atoms with E-state index >= 15 is 0 Å². The van der Waals surface area contributed by atoms with Crippen LogP contribution in [-0.4, -0.2) is 29.2 Å². The van der Waals surface area contributed by atoms with Crippen molar-refractivity contribution in [2.75, 3.05) is 17.7 Å². The number of anilines is 3. The van der Waals surface area contributed by atoms with Crippen molar-refractivity contribution in [2.45, 2.75) is 0 Å². The van der Waals surface area contributed by atoms with Gasteiger partial charge >= 0.3 is 5.97 Å². The van der Waals surface area contributed by atoms with E-state index in [9.17, 15) is 9.59 Å². The van der Waals surface area contributed by atoms with Crippen LogP contribution in [0.4, 0.5) is 17.3 Å². The van der Waals surface area contributed by atoms with Crippen LogP contribution in [0.25, 0.3) is 0 Å². The molecule has 8 heteroatoms. The number of nitrogens with one attached hydrogen (secondary N) is 2. The summed E-state index contributed by atoms with van der Waals surface area (Å²) < 4.78 is 4.65. The number of thiophene rings is 1. The molecule has 3 aromatic rings. The molecule has 0 fully saturated rings. The quantitative estimate of drug-likeness (QED) is 0.683. The highest BCUT2D eigenvalue weighted by molar-refractivity contribution is 7.12. The highest BCUT2D eigenvalue weighted by atomic mass is 32.1. The lowest BCUT2D eigenvalue weighted by molar-refractivity contribution is 0.0600. The smallest absolute Gasteiger partial charge is 0.337 e. The molecule has 0 spiro atoms. The van der Waals surface area contributed by atoms with Gasteiger partial charge in [-0.25, -0.2) is 4.79 Å². The molecule has 3 rings (SSSR count). The van der Waals surface area contributed by atoms with Crippen molar-refractivity contribution in [3.8, 4) is 0 Å². The Morgan fingerprint density at radius 3 is 2.32 bits per heavy atom. The van der Waals surface area contributed by atoms with Gasteiger partial charge < -0.3 is 15.4 Å². The fourth-order valence-electron chi connectivity index (χ4n) is 2.01.